The fraction of sp³-hybridized carbons (Fsp3) is 0.250. The maximum Gasteiger partial charge on any atom is 0.317 e. The third-order valence-corrected chi connectivity index (χ3v) is 3.52. The predicted molar refractivity (Wildman–Crippen MR) is 74.8 cm³/mol. The molecule has 2 rings (SSSR count). The van der Waals surface area contributed by atoms with Gasteiger partial charge in [0.2, 0.25) is 0 Å². The van der Waals surface area contributed by atoms with Gasteiger partial charge in [-0.3, -0.25) is 9.59 Å². The van der Waals surface area contributed by atoms with Crippen molar-refractivity contribution in [3.63, 3.8) is 0 Å². The van der Waals surface area contributed by atoms with Gasteiger partial charge in [-0.1, -0.05) is 43.3 Å². The van der Waals surface area contributed by atoms with Gasteiger partial charge < -0.3 is 9.84 Å². The molecule has 0 amide bonds. The first-order valence-electron chi connectivity index (χ1n) is 6.28. The Labute approximate surface area is 117 Å². The Kier molecular flexibility index (Phi) is 3.74. The molecular weight excluding hydrogens is 256 g/mol. The molecule has 1 aliphatic heterocycles. The SMILES string of the molecule is C=C[C@]1(C)COC(=O)C1C(=O)/C=C(\O)c1ccccc1. The molecule has 0 radical (unpaired) electrons. The number of aliphatic hydroxyl groups excluding tert-OH is 1. The van der Waals surface area contributed by atoms with Crippen molar-refractivity contribution < 1.29 is 19.4 Å². The van der Waals surface area contributed by atoms with Crippen LogP contribution in [0.25, 0.3) is 5.76 Å². The molecule has 1 heterocycles. The largest absolute Gasteiger partial charge is 0.507 e. The predicted octanol–water partition coefficient (Wildman–Crippen LogP) is 2.52. The Bertz CT molecular complexity index is 573. The van der Waals surface area contributed by atoms with Crippen LogP contribution >= 0.6 is 0 Å². The summed E-state index contributed by atoms with van der Waals surface area (Å²) in [7, 11) is 0. The van der Waals surface area contributed by atoms with E-state index in [-0.39, 0.29) is 12.4 Å². The van der Waals surface area contributed by atoms with Crippen molar-refractivity contribution in [2.24, 2.45) is 11.3 Å². The standard InChI is InChI=1S/C16H16O4/c1-3-16(2)10-20-15(19)14(16)13(18)9-12(17)11-7-5-4-6-8-11/h3-9,14,17H,1,10H2,2H3/b12-9-/t14?,16-/m1/s1. The van der Waals surface area contributed by atoms with Crippen LogP contribution in [0.2, 0.25) is 0 Å². The highest BCUT2D eigenvalue weighted by Gasteiger charge is 2.48. The minimum Gasteiger partial charge on any atom is -0.507 e. The topological polar surface area (TPSA) is 63.6 Å². The molecule has 4 heteroatoms. The van der Waals surface area contributed by atoms with E-state index in [1.54, 1.807) is 37.3 Å². The highest BCUT2D eigenvalue weighted by Crippen LogP contribution is 2.37. The molecule has 1 fully saturated rings. The Morgan fingerprint density at radius 3 is 2.70 bits per heavy atom. The van der Waals surface area contributed by atoms with Crippen molar-refractivity contribution in [1.29, 1.82) is 0 Å². The van der Waals surface area contributed by atoms with Crippen LogP contribution in [0.5, 0.6) is 0 Å². The first-order valence-corrected chi connectivity index (χ1v) is 6.28. The number of carbonyl (C=O) groups is 2. The molecule has 20 heavy (non-hydrogen) atoms. The van der Waals surface area contributed by atoms with Gasteiger partial charge in [0.05, 0.1) is 0 Å². The zero-order chi connectivity index (χ0) is 14.8. The van der Waals surface area contributed by atoms with Gasteiger partial charge in [0.1, 0.15) is 18.3 Å². The molecule has 1 unspecified atom stereocenters. The number of aliphatic hydroxyl groups is 1. The van der Waals surface area contributed by atoms with E-state index in [1.807, 2.05) is 6.07 Å². The number of esters is 1. The second-order valence-corrected chi connectivity index (χ2v) is 5.05. The summed E-state index contributed by atoms with van der Waals surface area (Å²) in [5, 5.41) is 9.94. The number of benzene rings is 1. The van der Waals surface area contributed by atoms with Crippen molar-refractivity contribution in [2.75, 3.05) is 6.61 Å². The molecule has 0 aliphatic carbocycles. The molecule has 0 bridgehead atoms. The van der Waals surface area contributed by atoms with E-state index in [0.717, 1.165) is 6.08 Å². The number of hydrogen-bond acceptors (Lipinski definition) is 4. The van der Waals surface area contributed by atoms with E-state index in [9.17, 15) is 14.7 Å². The van der Waals surface area contributed by atoms with Crippen LogP contribution in [-0.2, 0) is 14.3 Å². The van der Waals surface area contributed by atoms with E-state index in [1.165, 1.54) is 0 Å². The molecule has 1 aromatic rings. The second kappa shape index (κ2) is 5.33. The molecule has 2 atom stereocenters. The summed E-state index contributed by atoms with van der Waals surface area (Å²) in [4.78, 5) is 23.9. The summed E-state index contributed by atoms with van der Waals surface area (Å²) >= 11 is 0. The van der Waals surface area contributed by atoms with Crippen LogP contribution in [0.15, 0.2) is 49.1 Å². The lowest BCUT2D eigenvalue weighted by molar-refractivity contribution is -0.143. The van der Waals surface area contributed by atoms with Gasteiger partial charge in [-0.25, -0.2) is 0 Å². The Morgan fingerprint density at radius 1 is 1.45 bits per heavy atom. The van der Waals surface area contributed by atoms with E-state index in [4.69, 9.17) is 4.74 Å². The maximum absolute atomic E-state index is 12.2. The molecule has 0 aromatic heterocycles. The summed E-state index contributed by atoms with van der Waals surface area (Å²) in [6, 6.07) is 8.67. The summed E-state index contributed by atoms with van der Waals surface area (Å²) in [6.07, 6.45) is 2.63. The van der Waals surface area contributed by atoms with Crippen LogP contribution in [0, 0.1) is 11.3 Å². The zero-order valence-electron chi connectivity index (χ0n) is 11.2. The number of carbonyl (C=O) groups excluding carboxylic acids is 2. The molecule has 1 N–H and O–H groups in total. The van der Waals surface area contributed by atoms with Gasteiger partial charge in [0, 0.05) is 17.1 Å². The molecular formula is C16H16O4. The van der Waals surface area contributed by atoms with Crippen LogP contribution < -0.4 is 0 Å². The second-order valence-electron chi connectivity index (χ2n) is 5.05. The number of ketones is 1. The number of hydrogen-bond donors (Lipinski definition) is 1. The monoisotopic (exact) mass is 272 g/mol. The van der Waals surface area contributed by atoms with Crippen LogP contribution in [0.3, 0.4) is 0 Å². The normalized spacial score (nSPS) is 26.1. The van der Waals surface area contributed by atoms with E-state index in [0.29, 0.717) is 5.56 Å². The summed E-state index contributed by atoms with van der Waals surface area (Å²) in [5.41, 5.74) is -0.214. The fourth-order valence-corrected chi connectivity index (χ4v) is 2.19. The molecule has 104 valence electrons. The number of allylic oxidation sites excluding steroid dienone is 1. The van der Waals surface area contributed by atoms with Gasteiger partial charge >= 0.3 is 5.97 Å². The van der Waals surface area contributed by atoms with Gasteiger partial charge in [0.25, 0.3) is 0 Å². The minimum atomic E-state index is -0.953. The Morgan fingerprint density at radius 2 is 2.10 bits per heavy atom. The molecule has 1 saturated heterocycles. The smallest absolute Gasteiger partial charge is 0.317 e. The highest BCUT2D eigenvalue weighted by atomic mass is 16.5. The number of ether oxygens (including phenoxy) is 1. The third-order valence-electron chi connectivity index (χ3n) is 3.52. The van der Waals surface area contributed by atoms with E-state index < -0.39 is 23.1 Å². The quantitative estimate of drug-likeness (QED) is 0.301. The van der Waals surface area contributed by atoms with Gasteiger partial charge in [-0.2, -0.15) is 0 Å². The van der Waals surface area contributed by atoms with Crippen molar-refractivity contribution in [3.05, 3.63) is 54.6 Å². The highest BCUT2D eigenvalue weighted by molar-refractivity contribution is 6.09. The van der Waals surface area contributed by atoms with Gasteiger partial charge in [-0.15, -0.1) is 6.58 Å². The molecule has 0 saturated carbocycles. The lowest BCUT2D eigenvalue weighted by Gasteiger charge is -2.20. The maximum atomic E-state index is 12.2. The lowest BCUT2D eigenvalue weighted by atomic mass is 9.77. The first kappa shape index (κ1) is 14.1. The van der Waals surface area contributed by atoms with Gasteiger partial charge in [-0.05, 0) is 0 Å². The van der Waals surface area contributed by atoms with Crippen molar-refractivity contribution in [1.82, 2.24) is 0 Å². The fourth-order valence-electron chi connectivity index (χ4n) is 2.19. The zero-order valence-corrected chi connectivity index (χ0v) is 11.2. The molecule has 4 nitrogen and oxygen atoms in total. The lowest BCUT2D eigenvalue weighted by Crippen LogP contribution is -2.31. The van der Waals surface area contributed by atoms with Crippen LogP contribution in [-0.4, -0.2) is 23.5 Å². The van der Waals surface area contributed by atoms with Crippen molar-refractivity contribution in [2.45, 2.75) is 6.92 Å². The first-order chi connectivity index (χ1) is 9.48. The van der Waals surface area contributed by atoms with Gasteiger partial charge in [0.15, 0.2) is 5.78 Å². The van der Waals surface area contributed by atoms with Crippen molar-refractivity contribution in [3.8, 4) is 0 Å². The Hall–Kier alpha value is -2.36. The minimum absolute atomic E-state index is 0.131. The summed E-state index contributed by atoms with van der Waals surface area (Å²) in [6.45, 7) is 5.52. The number of cyclic esters (lactones) is 1. The van der Waals surface area contributed by atoms with Crippen LogP contribution in [0.4, 0.5) is 0 Å². The van der Waals surface area contributed by atoms with E-state index >= 15 is 0 Å². The molecule has 1 aliphatic rings. The van der Waals surface area contributed by atoms with Crippen molar-refractivity contribution >= 4 is 17.5 Å². The Balaban J connectivity index is 2.28. The number of rotatable bonds is 4. The average molecular weight is 272 g/mol. The summed E-state index contributed by atoms with van der Waals surface area (Å²) in [5.74, 6) is -2.17. The van der Waals surface area contributed by atoms with Crippen LogP contribution in [0.1, 0.15) is 12.5 Å². The van der Waals surface area contributed by atoms with E-state index in [2.05, 4.69) is 6.58 Å². The molecule has 1 aromatic carbocycles. The average Bonchev–Trinajstić information content (AvgIpc) is 2.76. The molecule has 0 spiro atoms. The summed E-state index contributed by atoms with van der Waals surface area (Å²) < 4.78 is 4.94. The third kappa shape index (κ3) is 2.50.